The Bertz CT molecular complexity index is 420. The molecule has 0 spiro atoms. The van der Waals surface area contributed by atoms with Crippen LogP contribution in [0, 0.1) is 0 Å². The summed E-state index contributed by atoms with van der Waals surface area (Å²) in [5.41, 5.74) is 1.04. The van der Waals surface area contributed by atoms with Gasteiger partial charge in [0.1, 0.15) is 6.61 Å². The third-order valence-corrected chi connectivity index (χ3v) is 2.85. The summed E-state index contributed by atoms with van der Waals surface area (Å²) in [4.78, 5) is 9.91. The Morgan fingerprint density at radius 3 is 3.15 bits per heavy atom. The summed E-state index contributed by atoms with van der Waals surface area (Å²) in [6, 6.07) is 8.00. The average Bonchev–Trinajstić information content (AvgIpc) is 2.62. The zero-order valence-electron chi connectivity index (χ0n) is 6.82. The van der Waals surface area contributed by atoms with Crippen molar-refractivity contribution in [2.75, 3.05) is 0 Å². The van der Waals surface area contributed by atoms with Crippen LogP contribution in [0.1, 0.15) is 5.56 Å². The van der Waals surface area contributed by atoms with E-state index in [0.29, 0.717) is 6.61 Å². The van der Waals surface area contributed by atoms with Gasteiger partial charge in [0.15, 0.2) is 0 Å². The number of rotatable bonds is 3. The van der Waals surface area contributed by atoms with Crippen molar-refractivity contribution in [3.63, 3.8) is 0 Å². The van der Waals surface area contributed by atoms with Crippen LogP contribution in [0.5, 0.6) is 0 Å². The average molecular weight is 191 g/mol. The highest BCUT2D eigenvalue weighted by molar-refractivity contribution is 7.17. The maximum atomic E-state index is 9.91. The monoisotopic (exact) mass is 191 g/mol. The fourth-order valence-corrected chi connectivity index (χ4v) is 2.18. The Morgan fingerprint density at radius 1 is 1.38 bits per heavy atom. The van der Waals surface area contributed by atoms with E-state index < -0.39 is 0 Å². The van der Waals surface area contributed by atoms with Gasteiger partial charge < -0.3 is 4.74 Å². The van der Waals surface area contributed by atoms with Gasteiger partial charge in [-0.25, -0.2) is 4.79 Å². The van der Waals surface area contributed by atoms with Gasteiger partial charge in [0, 0.05) is 10.3 Å². The SMILES string of the molecule is O=[C]OCc1cccc2ccsc12. The van der Waals surface area contributed by atoms with E-state index in [-0.39, 0.29) is 0 Å². The molecule has 1 heterocycles. The minimum atomic E-state index is 0.307. The van der Waals surface area contributed by atoms with Gasteiger partial charge in [0.2, 0.25) is 0 Å². The van der Waals surface area contributed by atoms with E-state index in [2.05, 4.69) is 4.74 Å². The van der Waals surface area contributed by atoms with E-state index in [1.165, 1.54) is 16.6 Å². The Hall–Kier alpha value is -1.35. The van der Waals surface area contributed by atoms with Crippen LogP contribution in [-0.2, 0) is 16.1 Å². The van der Waals surface area contributed by atoms with Crippen LogP contribution in [0.25, 0.3) is 10.1 Å². The fourth-order valence-electron chi connectivity index (χ4n) is 1.28. The first-order valence-electron chi connectivity index (χ1n) is 3.86. The molecule has 2 nitrogen and oxygen atoms in total. The summed E-state index contributed by atoms with van der Waals surface area (Å²) in [5.74, 6) is 0. The molecule has 2 rings (SSSR count). The largest absolute Gasteiger partial charge is 0.452 e. The highest BCUT2D eigenvalue weighted by atomic mass is 32.1. The van der Waals surface area contributed by atoms with Crippen molar-refractivity contribution in [2.24, 2.45) is 0 Å². The maximum Gasteiger partial charge on any atom is 0.417 e. The van der Waals surface area contributed by atoms with Gasteiger partial charge >= 0.3 is 6.47 Å². The molecule has 65 valence electrons. The van der Waals surface area contributed by atoms with Crippen molar-refractivity contribution < 1.29 is 9.53 Å². The van der Waals surface area contributed by atoms with Crippen molar-refractivity contribution in [3.8, 4) is 0 Å². The van der Waals surface area contributed by atoms with Gasteiger partial charge in [-0.15, -0.1) is 11.3 Å². The molecule has 0 fully saturated rings. The Morgan fingerprint density at radius 2 is 2.31 bits per heavy atom. The molecule has 0 unspecified atom stereocenters. The van der Waals surface area contributed by atoms with Gasteiger partial charge in [0.05, 0.1) is 0 Å². The molecular formula is C10H7O2S. The molecule has 0 amide bonds. The molecule has 0 aliphatic rings. The lowest BCUT2D eigenvalue weighted by Crippen LogP contribution is -1.89. The van der Waals surface area contributed by atoms with Gasteiger partial charge in [0.25, 0.3) is 0 Å². The maximum absolute atomic E-state index is 9.91. The van der Waals surface area contributed by atoms with E-state index in [1.54, 1.807) is 11.3 Å². The standard InChI is InChI=1S/C10H7O2S/c11-7-12-6-9-3-1-2-8-4-5-13-10(8)9/h1-5H,6H2. The second-order valence-electron chi connectivity index (χ2n) is 2.63. The highest BCUT2D eigenvalue weighted by Crippen LogP contribution is 2.24. The third kappa shape index (κ3) is 1.55. The van der Waals surface area contributed by atoms with Gasteiger partial charge in [-0.05, 0) is 16.8 Å². The van der Waals surface area contributed by atoms with Crippen molar-refractivity contribution in [2.45, 2.75) is 6.61 Å². The summed E-state index contributed by atoms with van der Waals surface area (Å²) in [7, 11) is 0. The second kappa shape index (κ2) is 3.58. The van der Waals surface area contributed by atoms with E-state index in [4.69, 9.17) is 0 Å². The number of ether oxygens (including phenoxy) is 1. The fraction of sp³-hybridized carbons (Fsp3) is 0.100. The smallest absolute Gasteiger partial charge is 0.417 e. The Kier molecular flexibility index (Phi) is 2.27. The molecule has 1 aromatic heterocycles. The quantitative estimate of drug-likeness (QED) is 0.745. The second-order valence-corrected chi connectivity index (χ2v) is 3.54. The normalized spacial score (nSPS) is 10.2. The van der Waals surface area contributed by atoms with Crippen LogP contribution >= 0.6 is 11.3 Å². The number of carbonyl (C=O) groups excluding carboxylic acids is 1. The van der Waals surface area contributed by atoms with Crippen molar-refractivity contribution in [1.29, 1.82) is 0 Å². The molecule has 0 aliphatic heterocycles. The topological polar surface area (TPSA) is 26.3 Å². The van der Waals surface area contributed by atoms with Crippen molar-refractivity contribution >= 4 is 27.9 Å². The molecule has 3 heteroatoms. The highest BCUT2D eigenvalue weighted by Gasteiger charge is 2.01. The Balaban J connectivity index is 2.42. The molecule has 0 aliphatic carbocycles. The molecule has 1 radical (unpaired) electrons. The third-order valence-electron chi connectivity index (χ3n) is 1.85. The van der Waals surface area contributed by atoms with Crippen molar-refractivity contribution in [1.82, 2.24) is 0 Å². The minimum Gasteiger partial charge on any atom is -0.452 e. The Labute approximate surface area is 79.8 Å². The minimum absolute atomic E-state index is 0.307. The number of thiophene rings is 1. The number of benzene rings is 1. The number of hydrogen-bond donors (Lipinski definition) is 0. The van der Waals surface area contributed by atoms with Crippen LogP contribution in [0.4, 0.5) is 0 Å². The summed E-state index contributed by atoms with van der Waals surface area (Å²) in [5, 5.41) is 3.22. The lowest BCUT2D eigenvalue weighted by molar-refractivity contribution is 0.268. The molecule has 2 aromatic rings. The summed E-state index contributed by atoms with van der Waals surface area (Å²) in [6.07, 6.45) is 0. The predicted octanol–water partition coefficient (Wildman–Crippen LogP) is 2.49. The summed E-state index contributed by atoms with van der Waals surface area (Å²) in [6.45, 7) is 1.73. The molecule has 0 saturated carbocycles. The first-order valence-corrected chi connectivity index (χ1v) is 4.74. The molecular weight excluding hydrogens is 184 g/mol. The lowest BCUT2D eigenvalue weighted by Gasteiger charge is -1.99. The van der Waals surface area contributed by atoms with Crippen LogP contribution in [-0.4, -0.2) is 6.47 Å². The summed E-state index contributed by atoms with van der Waals surface area (Å²) >= 11 is 1.65. The number of hydrogen-bond acceptors (Lipinski definition) is 3. The van der Waals surface area contributed by atoms with Crippen LogP contribution < -0.4 is 0 Å². The molecule has 0 atom stereocenters. The van der Waals surface area contributed by atoms with Crippen LogP contribution in [0.2, 0.25) is 0 Å². The predicted molar refractivity (Wildman–Crippen MR) is 52.3 cm³/mol. The molecule has 0 saturated heterocycles. The molecule has 0 bridgehead atoms. The first kappa shape index (κ1) is 8.26. The number of fused-ring (bicyclic) bond motifs is 1. The van der Waals surface area contributed by atoms with Crippen molar-refractivity contribution in [3.05, 3.63) is 35.2 Å². The van der Waals surface area contributed by atoms with E-state index >= 15 is 0 Å². The molecule has 1 aromatic carbocycles. The summed E-state index contributed by atoms with van der Waals surface area (Å²) < 4.78 is 5.78. The molecule has 0 N–H and O–H groups in total. The lowest BCUT2D eigenvalue weighted by atomic mass is 10.2. The zero-order chi connectivity index (χ0) is 9.10. The van der Waals surface area contributed by atoms with Gasteiger partial charge in [-0.2, -0.15) is 0 Å². The first-order chi connectivity index (χ1) is 6.42. The van der Waals surface area contributed by atoms with Gasteiger partial charge in [-0.3, -0.25) is 0 Å². The van der Waals surface area contributed by atoms with E-state index in [0.717, 1.165) is 5.56 Å². The molecule has 13 heavy (non-hydrogen) atoms. The van der Waals surface area contributed by atoms with E-state index in [9.17, 15) is 4.79 Å². The van der Waals surface area contributed by atoms with Crippen LogP contribution in [0.15, 0.2) is 29.6 Å². The van der Waals surface area contributed by atoms with E-state index in [1.807, 2.05) is 29.6 Å². The zero-order valence-corrected chi connectivity index (χ0v) is 7.64. The van der Waals surface area contributed by atoms with Gasteiger partial charge in [-0.1, -0.05) is 18.2 Å². The van der Waals surface area contributed by atoms with Crippen LogP contribution in [0.3, 0.4) is 0 Å².